The Kier molecular flexibility index (Phi) is 5.83. The summed E-state index contributed by atoms with van der Waals surface area (Å²) in [6, 6.07) is 2.84. The lowest BCUT2D eigenvalue weighted by molar-refractivity contribution is -0.109. The molecule has 0 saturated heterocycles. The lowest BCUT2D eigenvalue weighted by Gasteiger charge is -2.05. The summed E-state index contributed by atoms with van der Waals surface area (Å²) >= 11 is 0. The highest BCUT2D eigenvalue weighted by Crippen LogP contribution is 2.11. The molecule has 0 aromatic carbocycles. The molecule has 1 aromatic rings. The molecular weight excluding hydrogens is 204 g/mol. The molecule has 0 aliphatic carbocycles. The van der Waals surface area contributed by atoms with E-state index in [1.807, 2.05) is 6.92 Å². The summed E-state index contributed by atoms with van der Waals surface area (Å²) in [4.78, 5) is 14.3. The second kappa shape index (κ2) is 6.34. The maximum absolute atomic E-state index is 10.3. The van der Waals surface area contributed by atoms with Gasteiger partial charge in [0.2, 0.25) is 5.88 Å². The van der Waals surface area contributed by atoms with Crippen LogP contribution in [-0.2, 0) is 4.79 Å². The second-order valence-corrected chi connectivity index (χ2v) is 2.52. The standard InChI is InChI=1S/C9H12N2O2.ClH/c1-2-13-9-4-3-7(5-11-9)8(10)6-12;/h3-6,8H,2,10H2,1H3;1H. The van der Waals surface area contributed by atoms with Crippen LogP contribution in [0.4, 0.5) is 0 Å². The lowest BCUT2D eigenvalue weighted by Crippen LogP contribution is -2.11. The zero-order valence-electron chi connectivity index (χ0n) is 7.84. The van der Waals surface area contributed by atoms with Gasteiger partial charge in [-0.15, -0.1) is 12.4 Å². The molecule has 78 valence electrons. The zero-order valence-corrected chi connectivity index (χ0v) is 8.66. The number of pyridine rings is 1. The fourth-order valence-electron chi connectivity index (χ4n) is 0.901. The molecule has 1 unspecified atom stereocenters. The van der Waals surface area contributed by atoms with Gasteiger partial charge in [-0.1, -0.05) is 6.07 Å². The fourth-order valence-corrected chi connectivity index (χ4v) is 0.901. The van der Waals surface area contributed by atoms with Crippen LogP contribution in [0.1, 0.15) is 18.5 Å². The third-order valence-electron chi connectivity index (χ3n) is 1.58. The summed E-state index contributed by atoms with van der Waals surface area (Å²) in [5.41, 5.74) is 6.16. The number of nitrogens with zero attached hydrogens (tertiary/aromatic N) is 1. The average molecular weight is 217 g/mol. The van der Waals surface area contributed by atoms with Crippen LogP contribution in [0.5, 0.6) is 5.88 Å². The van der Waals surface area contributed by atoms with Crippen LogP contribution < -0.4 is 10.5 Å². The quantitative estimate of drug-likeness (QED) is 0.766. The van der Waals surface area contributed by atoms with Crippen molar-refractivity contribution in [2.75, 3.05) is 6.61 Å². The first-order chi connectivity index (χ1) is 6.27. The smallest absolute Gasteiger partial charge is 0.213 e. The number of hydrogen-bond acceptors (Lipinski definition) is 4. The Morgan fingerprint density at radius 3 is 2.79 bits per heavy atom. The van der Waals surface area contributed by atoms with E-state index < -0.39 is 6.04 Å². The van der Waals surface area contributed by atoms with E-state index >= 15 is 0 Å². The largest absolute Gasteiger partial charge is 0.478 e. The lowest BCUT2D eigenvalue weighted by atomic mass is 10.1. The molecule has 0 bridgehead atoms. The van der Waals surface area contributed by atoms with E-state index in [0.717, 1.165) is 0 Å². The minimum atomic E-state index is -0.594. The first-order valence-electron chi connectivity index (χ1n) is 4.07. The van der Waals surface area contributed by atoms with Gasteiger partial charge in [-0.2, -0.15) is 0 Å². The first kappa shape index (κ1) is 12.9. The van der Waals surface area contributed by atoms with Crippen molar-refractivity contribution in [1.29, 1.82) is 0 Å². The summed E-state index contributed by atoms with van der Waals surface area (Å²) in [5, 5.41) is 0. The van der Waals surface area contributed by atoms with Gasteiger partial charge in [-0.05, 0) is 12.5 Å². The highest BCUT2D eigenvalue weighted by atomic mass is 35.5. The van der Waals surface area contributed by atoms with Gasteiger partial charge in [0.25, 0.3) is 0 Å². The average Bonchev–Trinajstić information content (AvgIpc) is 2.18. The number of halogens is 1. The van der Waals surface area contributed by atoms with Crippen LogP contribution in [0.2, 0.25) is 0 Å². The number of aldehydes is 1. The van der Waals surface area contributed by atoms with Crippen molar-refractivity contribution in [3.8, 4) is 5.88 Å². The molecule has 5 heteroatoms. The Balaban J connectivity index is 0.00000169. The Morgan fingerprint density at radius 2 is 2.36 bits per heavy atom. The third kappa shape index (κ3) is 3.32. The van der Waals surface area contributed by atoms with Gasteiger partial charge in [0.1, 0.15) is 6.29 Å². The van der Waals surface area contributed by atoms with E-state index in [4.69, 9.17) is 10.5 Å². The van der Waals surface area contributed by atoms with Crippen LogP contribution in [0.15, 0.2) is 18.3 Å². The van der Waals surface area contributed by atoms with E-state index in [1.165, 1.54) is 0 Å². The summed E-state index contributed by atoms with van der Waals surface area (Å²) in [6.45, 7) is 2.46. The first-order valence-corrected chi connectivity index (χ1v) is 4.07. The van der Waals surface area contributed by atoms with Gasteiger partial charge < -0.3 is 15.3 Å². The molecule has 14 heavy (non-hydrogen) atoms. The van der Waals surface area contributed by atoms with Gasteiger partial charge in [0.15, 0.2) is 0 Å². The van der Waals surface area contributed by atoms with E-state index in [2.05, 4.69) is 4.98 Å². The topological polar surface area (TPSA) is 65.2 Å². The van der Waals surface area contributed by atoms with Gasteiger partial charge in [0.05, 0.1) is 12.6 Å². The van der Waals surface area contributed by atoms with E-state index in [0.29, 0.717) is 24.3 Å². The Hall–Kier alpha value is -1.13. The van der Waals surface area contributed by atoms with Crippen LogP contribution >= 0.6 is 12.4 Å². The molecule has 2 N–H and O–H groups in total. The number of hydrogen-bond donors (Lipinski definition) is 1. The Bertz CT molecular complexity index is 277. The summed E-state index contributed by atoms with van der Waals surface area (Å²) < 4.78 is 5.13. The molecule has 1 aromatic heterocycles. The normalized spacial score (nSPS) is 11.3. The minimum Gasteiger partial charge on any atom is -0.478 e. The Labute approximate surface area is 88.9 Å². The number of ether oxygens (including phenoxy) is 1. The van der Waals surface area contributed by atoms with Gasteiger partial charge in [0, 0.05) is 12.3 Å². The van der Waals surface area contributed by atoms with Crippen molar-refractivity contribution in [3.63, 3.8) is 0 Å². The molecule has 0 aliphatic rings. The van der Waals surface area contributed by atoms with Crippen molar-refractivity contribution < 1.29 is 9.53 Å². The Morgan fingerprint density at radius 1 is 1.64 bits per heavy atom. The van der Waals surface area contributed by atoms with Crippen molar-refractivity contribution in [1.82, 2.24) is 4.98 Å². The minimum absolute atomic E-state index is 0. The molecule has 0 fully saturated rings. The maximum atomic E-state index is 10.3. The maximum Gasteiger partial charge on any atom is 0.213 e. The van der Waals surface area contributed by atoms with Crippen molar-refractivity contribution in [3.05, 3.63) is 23.9 Å². The fraction of sp³-hybridized carbons (Fsp3) is 0.333. The molecule has 0 spiro atoms. The number of carbonyl (C=O) groups is 1. The summed E-state index contributed by atoms with van der Waals surface area (Å²) in [6.07, 6.45) is 2.22. The number of nitrogens with two attached hydrogens (primary N) is 1. The molecule has 0 saturated carbocycles. The molecule has 1 heterocycles. The van der Waals surface area contributed by atoms with E-state index in [9.17, 15) is 4.79 Å². The summed E-state index contributed by atoms with van der Waals surface area (Å²) in [7, 11) is 0. The molecule has 0 radical (unpaired) electrons. The van der Waals surface area contributed by atoms with E-state index in [1.54, 1.807) is 18.3 Å². The van der Waals surface area contributed by atoms with Crippen LogP contribution in [0.25, 0.3) is 0 Å². The van der Waals surface area contributed by atoms with Gasteiger partial charge in [-0.3, -0.25) is 0 Å². The van der Waals surface area contributed by atoms with Crippen LogP contribution in [0, 0.1) is 0 Å². The van der Waals surface area contributed by atoms with Gasteiger partial charge >= 0.3 is 0 Å². The molecule has 0 aliphatic heterocycles. The third-order valence-corrected chi connectivity index (χ3v) is 1.58. The van der Waals surface area contributed by atoms with Crippen LogP contribution in [-0.4, -0.2) is 17.9 Å². The van der Waals surface area contributed by atoms with Gasteiger partial charge in [-0.25, -0.2) is 4.98 Å². The molecule has 0 amide bonds. The van der Waals surface area contributed by atoms with Crippen molar-refractivity contribution in [2.45, 2.75) is 13.0 Å². The monoisotopic (exact) mass is 216 g/mol. The number of rotatable bonds is 4. The highest BCUT2D eigenvalue weighted by molar-refractivity contribution is 5.85. The predicted octanol–water partition coefficient (Wildman–Crippen LogP) is 1.10. The SMILES string of the molecule is CCOc1ccc(C(N)C=O)cn1.Cl. The molecule has 1 atom stereocenters. The zero-order chi connectivity index (χ0) is 9.68. The number of carbonyl (C=O) groups excluding carboxylic acids is 1. The van der Waals surface area contributed by atoms with E-state index in [-0.39, 0.29) is 12.4 Å². The molecular formula is C9H13ClN2O2. The van der Waals surface area contributed by atoms with Crippen molar-refractivity contribution >= 4 is 18.7 Å². The second-order valence-electron chi connectivity index (χ2n) is 2.52. The summed E-state index contributed by atoms with van der Waals surface area (Å²) in [5.74, 6) is 0.546. The van der Waals surface area contributed by atoms with Crippen molar-refractivity contribution in [2.24, 2.45) is 5.73 Å². The predicted molar refractivity (Wildman–Crippen MR) is 55.6 cm³/mol. The number of aromatic nitrogens is 1. The highest BCUT2D eigenvalue weighted by Gasteiger charge is 2.03. The molecule has 1 rings (SSSR count). The molecule has 4 nitrogen and oxygen atoms in total. The van der Waals surface area contributed by atoms with Crippen LogP contribution in [0.3, 0.4) is 0 Å².